The van der Waals surface area contributed by atoms with Gasteiger partial charge in [-0.3, -0.25) is 0 Å². The summed E-state index contributed by atoms with van der Waals surface area (Å²) < 4.78 is 30.5. The highest BCUT2D eigenvalue weighted by Gasteiger charge is 2.17. The predicted molar refractivity (Wildman–Crippen MR) is 149 cm³/mol. The zero-order valence-electron chi connectivity index (χ0n) is 20.4. The van der Waals surface area contributed by atoms with Crippen molar-refractivity contribution in [3.63, 3.8) is 0 Å². The van der Waals surface area contributed by atoms with Crippen LogP contribution >= 0.6 is 27.5 Å². The van der Waals surface area contributed by atoms with Crippen LogP contribution in [0.15, 0.2) is 70.2 Å². The maximum atomic E-state index is 12.6. The Kier molecular flexibility index (Phi) is 8.04. The van der Waals surface area contributed by atoms with Gasteiger partial charge in [0.2, 0.25) is 10.0 Å². The highest BCUT2D eigenvalue weighted by molar-refractivity contribution is 9.10. The molecular formula is C26H29BrClN5O2S. The second-order valence-corrected chi connectivity index (χ2v) is 12.6. The summed E-state index contributed by atoms with van der Waals surface area (Å²) in [5.41, 5.74) is 3.33. The molecule has 0 saturated carbocycles. The third-order valence-corrected chi connectivity index (χ3v) is 8.18. The van der Waals surface area contributed by atoms with Crippen molar-refractivity contribution in [2.24, 2.45) is 0 Å². The minimum atomic E-state index is -3.54. The lowest BCUT2D eigenvalue weighted by atomic mass is 9.87. The molecule has 0 aliphatic carbocycles. The van der Waals surface area contributed by atoms with Crippen LogP contribution in [0.4, 0.5) is 5.82 Å². The van der Waals surface area contributed by atoms with E-state index >= 15 is 0 Å². The standard InChI is InChI=1S/C26H29BrClN5O2S/c1-26(2,3)18-10-12-19(13-11-18)36(34,35)31-15-7-6-14-29-24-16-23(20-8-4-5-9-22(20)28)32-25-21(27)17-30-33(24)25/h4-5,8-13,16-17,29,31H,6-7,14-15H2,1-3H3. The lowest BCUT2D eigenvalue weighted by Gasteiger charge is -2.19. The van der Waals surface area contributed by atoms with Crippen LogP contribution in [0.2, 0.25) is 5.02 Å². The van der Waals surface area contributed by atoms with Crippen LogP contribution in [-0.4, -0.2) is 36.1 Å². The average molecular weight is 591 g/mol. The number of nitrogens with zero attached hydrogens (tertiary/aromatic N) is 3. The second kappa shape index (κ2) is 10.9. The number of halogens is 2. The molecule has 4 aromatic rings. The molecule has 36 heavy (non-hydrogen) atoms. The quantitative estimate of drug-likeness (QED) is 0.224. The number of sulfonamides is 1. The van der Waals surface area contributed by atoms with Gasteiger partial charge >= 0.3 is 0 Å². The maximum absolute atomic E-state index is 12.6. The number of benzene rings is 2. The summed E-state index contributed by atoms with van der Waals surface area (Å²) in [5, 5.41) is 8.42. The van der Waals surface area contributed by atoms with Crippen LogP contribution in [0.25, 0.3) is 16.9 Å². The van der Waals surface area contributed by atoms with Crippen molar-refractivity contribution in [1.29, 1.82) is 0 Å². The number of fused-ring (bicyclic) bond motifs is 1. The van der Waals surface area contributed by atoms with Gasteiger partial charge in [-0.25, -0.2) is 18.1 Å². The molecule has 0 radical (unpaired) electrons. The molecule has 0 aliphatic rings. The number of rotatable bonds is 9. The van der Waals surface area contributed by atoms with E-state index in [1.807, 2.05) is 42.5 Å². The molecule has 2 aromatic heterocycles. The van der Waals surface area contributed by atoms with Crippen LogP contribution in [-0.2, 0) is 15.4 Å². The van der Waals surface area contributed by atoms with Gasteiger partial charge < -0.3 is 5.32 Å². The van der Waals surface area contributed by atoms with Crippen LogP contribution in [0.1, 0.15) is 39.2 Å². The predicted octanol–water partition coefficient (Wildman–Crippen LogP) is 6.28. The molecule has 0 atom stereocenters. The minimum Gasteiger partial charge on any atom is -0.370 e. The van der Waals surface area contributed by atoms with Crippen LogP contribution < -0.4 is 10.0 Å². The fourth-order valence-electron chi connectivity index (χ4n) is 3.76. The lowest BCUT2D eigenvalue weighted by Crippen LogP contribution is -2.25. The molecule has 0 amide bonds. The molecular weight excluding hydrogens is 562 g/mol. The highest BCUT2D eigenvalue weighted by atomic mass is 79.9. The Morgan fingerprint density at radius 2 is 1.72 bits per heavy atom. The second-order valence-electron chi connectivity index (χ2n) is 9.54. The fraction of sp³-hybridized carbons (Fsp3) is 0.308. The molecule has 2 heterocycles. The largest absolute Gasteiger partial charge is 0.370 e. The van der Waals surface area contributed by atoms with Gasteiger partial charge in [0.05, 0.1) is 21.3 Å². The highest BCUT2D eigenvalue weighted by Crippen LogP contribution is 2.30. The first-order chi connectivity index (χ1) is 17.1. The zero-order valence-corrected chi connectivity index (χ0v) is 23.6. The fourth-order valence-corrected chi connectivity index (χ4v) is 5.41. The van der Waals surface area contributed by atoms with Crippen molar-refractivity contribution in [3.8, 4) is 11.3 Å². The van der Waals surface area contributed by atoms with Gasteiger partial charge in [-0.2, -0.15) is 9.61 Å². The third kappa shape index (κ3) is 6.08. The molecule has 190 valence electrons. The molecule has 0 aliphatic heterocycles. The smallest absolute Gasteiger partial charge is 0.240 e. The summed E-state index contributed by atoms with van der Waals surface area (Å²) in [7, 11) is -3.54. The van der Waals surface area contributed by atoms with Gasteiger partial charge in [0.1, 0.15) is 5.82 Å². The minimum absolute atomic E-state index is 0.0243. The molecule has 2 aromatic carbocycles. The van der Waals surface area contributed by atoms with E-state index in [-0.39, 0.29) is 10.3 Å². The number of nitrogens with one attached hydrogen (secondary N) is 2. The topological polar surface area (TPSA) is 88.4 Å². The van der Waals surface area contributed by atoms with Crippen molar-refractivity contribution >= 4 is 49.0 Å². The Bertz CT molecular complexity index is 1460. The molecule has 7 nitrogen and oxygen atoms in total. The number of anilines is 1. The molecule has 4 rings (SSSR count). The van der Waals surface area contributed by atoms with E-state index in [9.17, 15) is 8.42 Å². The van der Waals surface area contributed by atoms with Gasteiger partial charge in [-0.05, 0) is 57.9 Å². The molecule has 0 saturated heterocycles. The number of unbranched alkanes of at least 4 members (excludes halogenated alkanes) is 1. The summed E-state index contributed by atoms with van der Waals surface area (Å²) in [6, 6.07) is 16.6. The third-order valence-electron chi connectivity index (χ3n) is 5.81. The lowest BCUT2D eigenvalue weighted by molar-refractivity contribution is 0.575. The van der Waals surface area contributed by atoms with Crippen LogP contribution in [0, 0.1) is 0 Å². The van der Waals surface area contributed by atoms with E-state index in [4.69, 9.17) is 16.6 Å². The Morgan fingerprint density at radius 1 is 1.03 bits per heavy atom. The number of aromatic nitrogens is 3. The molecule has 0 bridgehead atoms. The van der Waals surface area contributed by atoms with Crippen molar-refractivity contribution in [2.45, 2.75) is 43.9 Å². The number of hydrogen-bond acceptors (Lipinski definition) is 5. The van der Waals surface area contributed by atoms with Crippen LogP contribution in [0.3, 0.4) is 0 Å². The molecule has 10 heteroatoms. The monoisotopic (exact) mass is 589 g/mol. The van der Waals surface area contributed by atoms with Gasteiger partial charge in [0.15, 0.2) is 5.65 Å². The Morgan fingerprint density at radius 3 is 2.42 bits per heavy atom. The normalized spacial score (nSPS) is 12.2. The summed E-state index contributed by atoms with van der Waals surface area (Å²) >= 11 is 9.90. The van der Waals surface area contributed by atoms with E-state index < -0.39 is 10.0 Å². The van der Waals surface area contributed by atoms with Gasteiger partial charge in [0.25, 0.3) is 0 Å². The van der Waals surface area contributed by atoms with Crippen molar-refractivity contribution in [3.05, 3.63) is 75.9 Å². The first kappa shape index (κ1) is 26.6. The van der Waals surface area contributed by atoms with Crippen molar-refractivity contribution in [1.82, 2.24) is 19.3 Å². The Hall–Kier alpha value is -2.46. The Labute approximate surface area is 225 Å². The average Bonchev–Trinajstić information content (AvgIpc) is 3.22. The van der Waals surface area contributed by atoms with E-state index in [0.717, 1.165) is 33.5 Å². The maximum Gasteiger partial charge on any atom is 0.240 e. The van der Waals surface area contributed by atoms with E-state index in [1.54, 1.807) is 22.8 Å². The summed E-state index contributed by atoms with van der Waals surface area (Å²) in [5.74, 6) is 0.778. The van der Waals surface area contributed by atoms with E-state index in [0.29, 0.717) is 30.2 Å². The van der Waals surface area contributed by atoms with E-state index in [2.05, 4.69) is 51.8 Å². The van der Waals surface area contributed by atoms with Crippen LogP contribution in [0.5, 0.6) is 0 Å². The first-order valence-electron chi connectivity index (χ1n) is 11.7. The Balaban J connectivity index is 1.35. The van der Waals surface area contributed by atoms with Gasteiger partial charge in [-0.1, -0.05) is 62.7 Å². The van der Waals surface area contributed by atoms with E-state index in [1.165, 1.54) is 0 Å². The van der Waals surface area contributed by atoms with Gasteiger partial charge in [-0.15, -0.1) is 0 Å². The summed E-state index contributed by atoms with van der Waals surface area (Å²) in [4.78, 5) is 4.99. The van der Waals surface area contributed by atoms with Gasteiger partial charge in [0, 0.05) is 29.7 Å². The SMILES string of the molecule is CC(C)(C)c1ccc(S(=O)(=O)NCCCCNc2cc(-c3ccccc3Cl)nc3c(Br)cnn23)cc1. The molecule has 0 spiro atoms. The summed E-state index contributed by atoms with van der Waals surface area (Å²) in [6.07, 6.45) is 3.15. The zero-order chi connectivity index (χ0) is 25.9. The molecule has 0 unspecified atom stereocenters. The summed E-state index contributed by atoms with van der Waals surface area (Å²) in [6.45, 7) is 7.29. The molecule has 2 N–H and O–H groups in total. The van der Waals surface area contributed by atoms with Crippen molar-refractivity contribution in [2.75, 3.05) is 18.4 Å². The first-order valence-corrected chi connectivity index (χ1v) is 14.3. The van der Waals surface area contributed by atoms with Crippen molar-refractivity contribution < 1.29 is 8.42 Å². The molecule has 0 fully saturated rings. The number of hydrogen-bond donors (Lipinski definition) is 2.